The third kappa shape index (κ3) is 3.13. The van der Waals surface area contributed by atoms with Gasteiger partial charge in [0.1, 0.15) is 5.54 Å². The lowest BCUT2D eigenvalue weighted by Gasteiger charge is -2.34. The van der Waals surface area contributed by atoms with Gasteiger partial charge in [0.15, 0.2) is 0 Å². The van der Waals surface area contributed by atoms with Gasteiger partial charge in [0.05, 0.1) is 5.92 Å². The summed E-state index contributed by atoms with van der Waals surface area (Å²) in [5.74, 6) is -1.91. The molecular weight excluding hydrogens is 308 g/mol. The Morgan fingerprint density at radius 1 is 1.12 bits per heavy atom. The fourth-order valence-corrected chi connectivity index (χ4v) is 3.63. The summed E-state index contributed by atoms with van der Waals surface area (Å²) in [6.45, 7) is 0.296. The molecule has 1 aliphatic heterocycles. The molecule has 1 unspecified atom stereocenters. The fourth-order valence-electron chi connectivity index (χ4n) is 3.63. The van der Waals surface area contributed by atoms with Crippen molar-refractivity contribution < 1.29 is 19.5 Å². The van der Waals surface area contributed by atoms with Gasteiger partial charge in [-0.2, -0.15) is 0 Å². The Morgan fingerprint density at radius 3 is 2.42 bits per heavy atom. The number of amides is 2. The van der Waals surface area contributed by atoms with Gasteiger partial charge in [0, 0.05) is 18.7 Å². The maximum atomic E-state index is 12.6. The number of carboxylic acids is 1. The topological polar surface area (TPSA) is 86.7 Å². The number of nitrogens with zero attached hydrogens (tertiary/aromatic N) is 1. The van der Waals surface area contributed by atoms with E-state index in [0.29, 0.717) is 19.4 Å². The van der Waals surface area contributed by atoms with E-state index in [4.69, 9.17) is 0 Å². The number of rotatable bonds is 4. The van der Waals surface area contributed by atoms with Crippen LogP contribution in [-0.4, -0.2) is 35.0 Å². The average Bonchev–Trinajstić information content (AvgIpc) is 2.98. The lowest BCUT2D eigenvalue weighted by Crippen LogP contribution is -2.57. The summed E-state index contributed by atoms with van der Waals surface area (Å²) in [6.07, 6.45) is 3.62. The monoisotopic (exact) mass is 330 g/mol. The fraction of sp³-hybridized carbons (Fsp3) is 0.500. The smallest absolute Gasteiger partial charge is 0.329 e. The number of carboxylic acid groups (broad SMARTS) is 1. The molecule has 3 rings (SSSR count). The molecule has 2 N–H and O–H groups in total. The van der Waals surface area contributed by atoms with Crippen LogP contribution in [0.3, 0.4) is 0 Å². The molecule has 1 saturated carbocycles. The van der Waals surface area contributed by atoms with Crippen LogP contribution in [-0.2, 0) is 14.4 Å². The molecule has 1 aliphatic carbocycles. The van der Waals surface area contributed by atoms with Crippen LogP contribution in [0.15, 0.2) is 30.3 Å². The van der Waals surface area contributed by atoms with E-state index in [1.54, 1.807) is 4.90 Å². The maximum Gasteiger partial charge on any atom is 0.329 e. The van der Waals surface area contributed by atoms with E-state index in [9.17, 15) is 19.5 Å². The van der Waals surface area contributed by atoms with Crippen LogP contribution in [0.5, 0.6) is 0 Å². The van der Waals surface area contributed by atoms with Crippen LogP contribution in [0.4, 0.5) is 5.69 Å². The summed E-state index contributed by atoms with van der Waals surface area (Å²) in [7, 11) is 0. The van der Waals surface area contributed by atoms with Crippen molar-refractivity contribution in [2.45, 2.75) is 44.1 Å². The number of hydrogen-bond acceptors (Lipinski definition) is 3. The first kappa shape index (κ1) is 16.5. The number of nitrogens with one attached hydrogen (secondary N) is 1. The summed E-state index contributed by atoms with van der Waals surface area (Å²) in [4.78, 5) is 38.1. The Morgan fingerprint density at radius 2 is 1.79 bits per heavy atom. The lowest BCUT2D eigenvalue weighted by molar-refractivity contribution is -0.149. The number of aliphatic carboxylic acids is 1. The third-order valence-corrected chi connectivity index (χ3v) is 5.04. The van der Waals surface area contributed by atoms with E-state index in [-0.39, 0.29) is 18.2 Å². The molecule has 0 aromatic heterocycles. The number of benzene rings is 1. The molecule has 2 amide bonds. The summed E-state index contributed by atoms with van der Waals surface area (Å²) in [6, 6.07) is 9.22. The van der Waals surface area contributed by atoms with Crippen LogP contribution in [0.1, 0.15) is 38.5 Å². The highest BCUT2D eigenvalue weighted by Crippen LogP contribution is 2.30. The lowest BCUT2D eigenvalue weighted by atomic mass is 9.81. The molecule has 1 saturated heterocycles. The van der Waals surface area contributed by atoms with Gasteiger partial charge >= 0.3 is 5.97 Å². The molecule has 1 aromatic rings. The first-order chi connectivity index (χ1) is 11.5. The number of carbonyl (C=O) groups is 3. The largest absolute Gasteiger partial charge is 0.480 e. The van der Waals surface area contributed by atoms with Crippen LogP contribution < -0.4 is 10.2 Å². The second-order valence-electron chi connectivity index (χ2n) is 6.68. The van der Waals surface area contributed by atoms with Crippen molar-refractivity contribution in [1.82, 2.24) is 5.32 Å². The number of anilines is 1. The molecule has 0 spiro atoms. The van der Waals surface area contributed by atoms with Crippen LogP contribution in [0.2, 0.25) is 0 Å². The van der Waals surface area contributed by atoms with E-state index in [2.05, 4.69) is 5.32 Å². The number of para-hydroxylation sites is 1. The normalized spacial score (nSPS) is 23.1. The molecule has 1 atom stereocenters. The summed E-state index contributed by atoms with van der Waals surface area (Å²) < 4.78 is 0. The molecule has 6 nitrogen and oxygen atoms in total. The highest BCUT2D eigenvalue weighted by molar-refractivity contribution is 6.01. The van der Waals surface area contributed by atoms with Crippen molar-refractivity contribution >= 4 is 23.5 Å². The standard InChI is InChI=1S/C18H22N2O4/c21-15-11-13(12-20(15)14-7-3-1-4-8-14)16(22)19-18(17(23)24)9-5-2-6-10-18/h1,3-4,7-8,13H,2,5-6,9-12H2,(H,19,22)(H,23,24). The number of carbonyl (C=O) groups excluding carboxylic acids is 2. The van der Waals surface area contributed by atoms with Crippen molar-refractivity contribution in [2.75, 3.05) is 11.4 Å². The van der Waals surface area contributed by atoms with Crippen LogP contribution >= 0.6 is 0 Å². The second-order valence-corrected chi connectivity index (χ2v) is 6.68. The summed E-state index contributed by atoms with van der Waals surface area (Å²) in [5, 5.41) is 12.3. The average molecular weight is 330 g/mol. The minimum atomic E-state index is -1.17. The Balaban J connectivity index is 1.70. The quantitative estimate of drug-likeness (QED) is 0.883. The summed E-state index contributed by atoms with van der Waals surface area (Å²) >= 11 is 0. The molecule has 1 aromatic carbocycles. The minimum Gasteiger partial charge on any atom is -0.480 e. The van der Waals surface area contributed by atoms with Crippen molar-refractivity contribution in [3.05, 3.63) is 30.3 Å². The van der Waals surface area contributed by atoms with Crippen molar-refractivity contribution in [3.63, 3.8) is 0 Å². The molecule has 0 bridgehead atoms. The Bertz CT molecular complexity index is 638. The molecular formula is C18H22N2O4. The van der Waals surface area contributed by atoms with Gasteiger partial charge in [-0.3, -0.25) is 9.59 Å². The predicted octanol–water partition coefficient (Wildman–Crippen LogP) is 1.94. The molecule has 24 heavy (non-hydrogen) atoms. The van der Waals surface area contributed by atoms with Gasteiger partial charge in [0.25, 0.3) is 0 Å². The predicted molar refractivity (Wildman–Crippen MR) is 88.5 cm³/mol. The Hall–Kier alpha value is -2.37. The molecule has 0 radical (unpaired) electrons. The zero-order chi connectivity index (χ0) is 17.2. The first-order valence-corrected chi connectivity index (χ1v) is 8.43. The van der Waals surface area contributed by atoms with Crippen molar-refractivity contribution in [3.8, 4) is 0 Å². The maximum absolute atomic E-state index is 12.6. The molecule has 2 aliphatic rings. The first-order valence-electron chi connectivity index (χ1n) is 8.43. The van der Waals surface area contributed by atoms with E-state index < -0.39 is 17.4 Å². The molecule has 6 heteroatoms. The van der Waals surface area contributed by atoms with E-state index in [1.165, 1.54) is 0 Å². The van der Waals surface area contributed by atoms with Gasteiger partial charge in [-0.15, -0.1) is 0 Å². The van der Waals surface area contributed by atoms with E-state index in [1.807, 2.05) is 30.3 Å². The Kier molecular flexibility index (Phi) is 4.55. The zero-order valence-corrected chi connectivity index (χ0v) is 13.5. The van der Waals surface area contributed by atoms with E-state index in [0.717, 1.165) is 24.9 Å². The highest BCUT2D eigenvalue weighted by atomic mass is 16.4. The van der Waals surface area contributed by atoms with Gasteiger partial charge in [-0.25, -0.2) is 4.79 Å². The zero-order valence-electron chi connectivity index (χ0n) is 13.5. The molecule has 128 valence electrons. The molecule has 1 heterocycles. The van der Waals surface area contributed by atoms with Gasteiger partial charge in [-0.1, -0.05) is 37.5 Å². The van der Waals surface area contributed by atoms with Crippen LogP contribution in [0, 0.1) is 5.92 Å². The Labute approximate surface area is 140 Å². The van der Waals surface area contributed by atoms with Crippen molar-refractivity contribution in [2.24, 2.45) is 5.92 Å². The highest BCUT2D eigenvalue weighted by Gasteiger charge is 2.44. The van der Waals surface area contributed by atoms with Gasteiger partial charge in [-0.05, 0) is 25.0 Å². The summed E-state index contributed by atoms with van der Waals surface area (Å²) in [5.41, 5.74) is -0.401. The number of hydrogen-bond donors (Lipinski definition) is 2. The van der Waals surface area contributed by atoms with E-state index >= 15 is 0 Å². The van der Waals surface area contributed by atoms with Crippen molar-refractivity contribution in [1.29, 1.82) is 0 Å². The molecule has 2 fully saturated rings. The minimum absolute atomic E-state index is 0.102. The third-order valence-electron chi connectivity index (χ3n) is 5.04. The van der Waals surface area contributed by atoms with Gasteiger partial charge in [0.2, 0.25) is 11.8 Å². The second kappa shape index (κ2) is 6.63. The SMILES string of the molecule is O=C(NC1(C(=O)O)CCCCC1)C1CC(=O)N(c2ccccc2)C1. The van der Waals surface area contributed by atoms with Gasteiger partial charge < -0.3 is 15.3 Å². The van der Waals surface area contributed by atoms with Crippen LogP contribution in [0.25, 0.3) is 0 Å².